The molecule has 0 saturated heterocycles. The normalized spacial score (nSPS) is 12.6. The minimum absolute atomic E-state index is 0.0442. The first-order chi connectivity index (χ1) is 14.7. The summed E-state index contributed by atoms with van der Waals surface area (Å²) in [5, 5.41) is 0.372. The zero-order valence-electron chi connectivity index (χ0n) is 16.2. The van der Waals surface area contributed by atoms with Gasteiger partial charge in [0, 0.05) is 16.0 Å². The zero-order chi connectivity index (χ0) is 22.6. The molecule has 0 fully saturated rings. The summed E-state index contributed by atoms with van der Waals surface area (Å²) in [6.07, 6.45) is 0.0442. The standard InChI is InChI=1S/C22H19BrClFN2O3S/c23-17-7-6-15(20(25)14-17)12-13-27(21(22(26)28)16-4-2-1-3-5-16)31(29,30)19-10-8-18(24)9-11-19/h1-11,14,21H,12-13H2,(H2,26,28). The summed E-state index contributed by atoms with van der Waals surface area (Å²) in [7, 11) is -4.16. The van der Waals surface area contributed by atoms with E-state index in [0.717, 1.165) is 4.31 Å². The fourth-order valence-corrected chi connectivity index (χ4v) is 5.24. The SMILES string of the molecule is NC(=O)C(c1ccccc1)N(CCc1ccc(Br)cc1F)S(=O)(=O)c1ccc(Cl)cc1. The van der Waals surface area contributed by atoms with Gasteiger partial charge in [-0.15, -0.1) is 0 Å². The molecule has 3 rings (SSSR count). The predicted molar refractivity (Wildman–Crippen MR) is 122 cm³/mol. The Bertz CT molecular complexity index is 1180. The van der Waals surface area contributed by atoms with Crippen LogP contribution in [0.2, 0.25) is 5.02 Å². The second-order valence-electron chi connectivity index (χ2n) is 6.77. The lowest BCUT2D eigenvalue weighted by Crippen LogP contribution is -2.42. The second kappa shape index (κ2) is 9.91. The molecule has 1 unspecified atom stereocenters. The van der Waals surface area contributed by atoms with Gasteiger partial charge in [0.2, 0.25) is 15.9 Å². The zero-order valence-corrected chi connectivity index (χ0v) is 19.4. The largest absolute Gasteiger partial charge is 0.368 e. The van der Waals surface area contributed by atoms with E-state index in [1.807, 2.05) is 0 Å². The van der Waals surface area contributed by atoms with Crippen LogP contribution < -0.4 is 5.73 Å². The molecule has 0 saturated carbocycles. The van der Waals surface area contributed by atoms with Crippen LogP contribution in [0.1, 0.15) is 17.2 Å². The summed E-state index contributed by atoms with van der Waals surface area (Å²) in [6.45, 7) is -0.161. The summed E-state index contributed by atoms with van der Waals surface area (Å²) in [5.74, 6) is -1.31. The number of carbonyl (C=O) groups is 1. The van der Waals surface area contributed by atoms with Gasteiger partial charge in [0.25, 0.3) is 0 Å². The van der Waals surface area contributed by atoms with Gasteiger partial charge in [-0.2, -0.15) is 4.31 Å². The van der Waals surface area contributed by atoms with E-state index in [9.17, 15) is 17.6 Å². The van der Waals surface area contributed by atoms with Crippen LogP contribution in [0, 0.1) is 5.82 Å². The van der Waals surface area contributed by atoms with E-state index >= 15 is 0 Å². The molecular weight excluding hydrogens is 507 g/mol. The van der Waals surface area contributed by atoms with Crippen LogP contribution in [0.15, 0.2) is 82.2 Å². The molecule has 0 aliphatic rings. The number of nitrogens with two attached hydrogens (primary N) is 1. The fraction of sp³-hybridized carbons (Fsp3) is 0.136. The molecule has 0 heterocycles. The van der Waals surface area contributed by atoms with Crippen LogP contribution in [0.25, 0.3) is 0 Å². The van der Waals surface area contributed by atoms with Gasteiger partial charge in [-0.3, -0.25) is 4.79 Å². The number of primary amides is 1. The first kappa shape index (κ1) is 23.4. The average molecular weight is 526 g/mol. The number of rotatable bonds is 8. The molecule has 9 heteroatoms. The fourth-order valence-electron chi connectivity index (χ4n) is 3.19. The number of halogens is 3. The van der Waals surface area contributed by atoms with Crippen LogP contribution in [0.5, 0.6) is 0 Å². The Morgan fingerprint density at radius 2 is 1.71 bits per heavy atom. The molecule has 162 valence electrons. The van der Waals surface area contributed by atoms with E-state index in [4.69, 9.17) is 17.3 Å². The van der Waals surface area contributed by atoms with Crippen LogP contribution in [-0.4, -0.2) is 25.2 Å². The Labute approximate surface area is 193 Å². The predicted octanol–water partition coefficient (Wildman–Crippen LogP) is 4.70. The maximum atomic E-state index is 14.3. The Balaban J connectivity index is 2.06. The van der Waals surface area contributed by atoms with Crippen molar-refractivity contribution in [2.75, 3.05) is 6.54 Å². The number of benzene rings is 3. The highest BCUT2D eigenvalue weighted by Crippen LogP contribution is 2.29. The number of nitrogens with zero attached hydrogens (tertiary/aromatic N) is 1. The molecule has 0 aliphatic carbocycles. The van der Waals surface area contributed by atoms with Gasteiger partial charge in [0.15, 0.2) is 0 Å². The lowest BCUT2D eigenvalue weighted by molar-refractivity contribution is -0.121. The van der Waals surface area contributed by atoms with Crippen molar-refractivity contribution >= 4 is 43.5 Å². The molecule has 5 nitrogen and oxygen atoms in total. The van der Waals surface area contributed by atoms with Crippen molar-refractivity contribution in [2.45, 2.75) is 17.4 Å². The van der Waals surface area contributed by atoms with Gasteiger partial charge in [-0.05, 0) is 53.9 Å². The van der Waals surface area contributed by atoms with Crippen molar-refractivity contribution in [3.63, 3.8) is 0 Å². The average Bonchev–Trinajstić information content (AvgIpc) is 2.72. The number of carbonyl (C=O) groups excluding carboxylic acids is 1. The molecule has 31 heavy (non-hydrogen) atoms. The van der Waals surface area contributed by atoms with E-state index in [2.05, 4.69) is 15.9 Å². The molecule has 3 aromatic rings. The van der Waals surface area contributed by atoms with Gasteiger partial charge in [-0.1, -0.05) is 63.9 Å². The Morgan fingerprint density at radius 3 is 2.29 bits per heavy atom. The summed E-state index contributed by atoms with van der Waals surface area (Å²) < 4.78 is 42.9. The highest BCUT2D eigenvalue weighted by molar-refractivity contribution is 9.10. The number of hydrogen-bond acceptors (Lipinski definition) is 3. The topological polar surface area (TPSA) is 80.5 Å². The molecule has 0 bridgehead atoms. The lowest BCUT2D eigenvalue weighted by atomic mass is 10.1. The Hall–Kier alpha value is -2.26. The summed E-state index contributed by atoms with van der Waals surface area (Å²) in [4.78, 5) is 12.4. The minimum atomic E-state index is -4.16. The van der Waals surface area contributed by atoms with Crippen molar-refractivity contribution < 1.29 is 17.6 Å². The third-order valence-electron chi connectivity index (χ3n) is 4.71. The summed E-state index contributed by atoms with van der Waals surface area (Å²) in [6, 6.07) is 17.2. The summed E-state index contributed by atoms with van der Waals surface area (Å²) >= 11 is 9.09. The van der Waals surface area contributed by atoms with Gasteiger partial charge in [0.1, 0.15) is 11.9 Å². The van der Waals surface area contributed by atoms with Crippen LogP contribution in [0.4, 0.5) is 4.39 Å². The Morgan fingerprint density at radius 1 is 1.06 bits per heavy atom. The number of hydrogen-bond donors (Lipinski definition) is 1. The molecule has 0 radical (unpaired) electrons. The lowest BCUT2D eigenvalue weighted by Gasteiger charge is -2.29. The van der Waals surface area contributed by atoms with E-state index in [-0.39, 0.29) is 17.9 Å². The Kier molecular flexibility index (Phi) is 7.48. The molecular formula is C22H19BrClFN2O3S. The molecule has 1 amide bonds. The second-order valence-corrected chi connectivity index (χ2v) is 10.0. The first-order valence-electron chi connectivity index (χ1n) is 9.26. The van der Waals surface area contributed by atoms with Gasteiger partial charge >= 0.3 is 0 Å². The first-order valence-corrected chi connectivity index (χ1v) is 11.9. The molecule has 0 aliphatic heterocycles. The molecule has 0 aromatic heterocycles. The summed E-state index contributed by atoms with van der Waals surface area (Å²) in [5.41, 5.74) is 6.38. The van der Waals surface area contributed by atoms with E-state index in [1.54, 1.807) is 42.5 Å². The molecule has 0 spiro atoms. The van der Waals surface area contributed by atoms with Crippen molar-refractivity contribution in [1.29, 1.82) is 0 Å². The van der Waals surface area contributed by atoms with E-state index < -0.39 is 27.8 Å². The third kappa shape index (κ3) is 5.51. The third-order valence-corrected chi connectivity index (χ3v) is 7.33. The van der Waals surface area contributed by atoms with Crippen molar-refractivity contribution in [3.05, 3.63) is 99.2 Å². The highest BCUT2D eigenvalue weighted by Gasteiger charge is 2.36. The maximum absolute atomic E-state index is 14.3. The number of amides is 1. The van der Waals surface area contributed by atoms with E-state index in [1.165, 1.54) is 30.3 Å². The van der Waals surface area contributed by atoms with Gasteiger partial charge < -0.3 is 5.73 Å². The van der Waals surface area contributed by atoms with Crippen molar-refractivity contribution in [2.24, 2.45) is 5.73 Å². The van der Waals surface area contributed by atoms with E-state index in [0.29, 0.717) is 20.6 Å². The van der Waals surface area contributed by atoms with Crippen molar-refractivity contribution in [3.8, 4) is 0 Å². The number of sulfonamides is 1. The van der Waals surface area contributed by atoms with Gasteiger partial charge in [0.05, 0.1) is 4.90 Å². The van der Waals surface area contributed by atoms with Crippen LogP contribution in [0.3, 0.4) is 0 Å². The smallest absolute Gasteiger partial charge is 0.244 e. The molecule has 1 atom stereocenters. The van der Waals surface area contributed by atoms with Crippen LogP contribution in [-0.2, 0) is 21.2 Å². The monoisotopic (exact) mass is 524 g/mol. The van der Waals surface area contributed by atoms with Crippen LogP contribution >= 0.6 is 27.5 Å². The van der Waals surface area contributed by atoms with Crippen molar-refractivity contribution in [1.82, 2.24) is 4.31 Å². The molecule has 3 aromatic carbocycles. The highest BCUT2D eigenvalue weighted by atomic mass is 79.9. The maximum Gasteiger partial charge on any atom is 0.244 e. The quantitative estimate of drug-likeness (QED) is 0.463. The van der Waals surface area contributed by atoms with Gasteiger partial charge in [-0.25, -0.2) is 12.8 Å². The molecule has 2 N–H and O–H groups in total. The minimum Gasteiger partial charge on any atom is -0.368 e.